The Hall–Kier alpha value is -3.67. The maximum absolute atomic E-state index is 12.4. The molecule has 2 aromatic rings. The number of carbonyl (C=O) groups excluding carboxylic acids is 2. The standard InChI is InChI=1S/C20H22N4O7S/c1-29-14-8-13(21)15(17(31-3)16(14)30-2)11-7-10(24(27)28)5-4-9(11)6-12-18(25)22-20(32)23-19(12)26/h4-5,7-8,12,20,32H,6,21H2,1-3H3,(H,22,25)(H,23,26). The van der Waals surface area contributed by atoms with Crippen molar-refractivity contribution in [3.8, 4) is 28.4 Å². The highest BCUT2D eigenvalue weighted by Crippen LogP contribution is 2.49. The third kappa shape index (κ3) is 4.21. The number of rotatable bonds is 7. The number of nitrogens with two attached hydrogens (primary N) is 1. The van der Waals surface area contributed by atoms with E-state index in [2.05, 4.69) is 23.3 Å². The quantitative estimate of drug-likeness (QED) is 0.159. The summed E-state index contributed by atoms with van der Waals surface area (Å²) >= 11 is 4.04. The Bertz CT molecular complexity index is 1070. The third-order valence-electron chi connectivity index (χ3n) is 5.05. The molecule has 170 valence electrons. The zero-order chi connectivity index (χ0) is 23.6. The number of nitrogens with one attached hydrogen (secondary N) is 2. The summed E-state index contributed by atoms with van der Waals surface area (Å²) in [6.07, 6.45) is -0.0393. The number of hydrogen-bond donors (Lipinski definition) is 4. The van der Waals surface area contributed by atoms with E-state index in [4.69, 9.17) is 19.9 Å². The summed E-state index contributed by atoms with van der Waals surface area (Å²) < 4.78 is 16.2. The number of amides is 2. The summed E-state index contributed by atoms with van der Waals surface area (Å²) in [6.45, 7) is 0. The minimum atomic E-state index is -1.06. The van der Waals surface area contributed by atoms with Gasteiger partial charge in [-0.15, -0.1) is 12.6 Å². The average molecular weight is 462 g/mol. The molecule has 0 spiro atoms. The van der Waals surface area contributed by atoms with Crippen molar-refractivity contribution < 1.29 is 28.7 Å². The van der Waals surface area contributed by atoms with E-state index < -0.39 is 28.2 Å². The molecule has 1 heterocycles. The first-order chi connectivity index (χ1) is 15.2. The molecular weight excluding hydrogens is 440 g/mol. The number of thiol groups is 1. The van der Waals surface area contributed by atoms with Gasteiger partial charge in [0.05, 0.1) is 31.8 Å². The lowest BCUT2D eigenvalue weighted by Gasteiger charge is -2.27. The number of ether oxygens (including phenoxy) is 3. The van der Waals surface area contributed by atoms with Crippen LogP contribution in [0.25, 0.3) is 11.1 Å². The molecule has 0 unspecified atom stereocenters. The summed E-state index contributed by atoms with van der Waals surface area (Å²) in [5.74, 6) is -1.34. The van der Waals surface area contributed by atoms with Crippen LogP contribution in [0.3, 0.4) is 0 Å². The van der Waals surface area contributed by atoms with E-state index in [0.29, 0.717) is 22.4 Å². The monoisotopic (exact) mass is 462 g/mol. The number of non-ortho nitro benzene ring substituents is 1. The van der Waals surface area contributed by atoms with E-state index in [1.54, 1.807) is 0 Å². The maximum atomic E-state index is 12.4. The Balaban J connectivity index is 2.22. The van der Waals surface area contributed by atoms with Crippen LogP contribution in [-0.2, 0) is 16.0 Å². The molecule has 12 heteroatoms. The van der Waals surface area contributed by atoms with E-state index >= 15 is 0 Å². The van der Waals surface area contributed by atoms with E-state index in [-0.39, 0.29) is 29.3 Å². The Morgan fingerprint density at radius 2 is 1.69 bits per heavy atom. The van der Waals surface area contributed by atoms with Gasteiger partial charge in [-0.2, -0.15) is 0 Å². The van der Waals surface area contributed by atoms with Crippen molar-refractivity contribution in [2.24, 2.45) is 5.92 Å². The van der Waals surface area contributed by atoms with Gasteiger partial charge < -0.3 is 30.6 Å². The van der Waals surface area contributed by atoms with Crippen molar-refractivity contribution in [2.45, 2.75) is 11.9 Å². The summed E-state index contributed by atoms with van der Waals surface area (Å²) in [4.78, 5) is 35.7. The first-order valence-electron chi connectivity index (χ1n) is 9.36. The number of nitro benzene ring substituents is 1. The van der Waals surface area contributed by atoms with Crippen LogP contribution in [0.2, 0.25) is 0 Å². The number of nitrogens with zero attached hydrogens (tertiary/aromatic N) is 1. The largest absolute Gasteiger partial charge is 0.493 e. The molecule has 0 saturated carbocycles. The highest BCUT2D eigenvalue weighted by molar-refractivity contribution is 7.80. The number of carbonyl (C=O) groups is 2. The SMILES string of the molecule is COc1cc(N)c(-c2cc([N+](=O)[O-])ccc2CC2C(=O)NC(S)NC2=O)c(OC)c1OC. The van der Waals surface area contributed by atoms with Gasteiger partial charge in [0, 0.05) is 23.9 Å². The van der Waals surface area contributed by atoms with Crippen LogP contribution in [0.5, 0.6) is 17.2 Å². The van der Waals surface area contributed by atoms with Gasteiger partial charge in [-0.25, -0.2) is 0 Å². The lowest BCUT2D eigenvalue weighted by atomic mass is 9.89. The first-order valence-corrected chi connectivity index (χ1v) is 9.88. The Morgan fingerprint density at radius 1 is 1.06 bits per heavy atom. The molecular formula is C20H22N4O7S. The Morgan fingerprint density at radius 3 is 2.22 bits per heavy atom. The number of anilines is 1. The molecule has 32 heavy (non-hydrogen) atoms. The van der Waals surface area contributed by atoms with Gasteiger partial charge in [0.2, 0.25) is 17.6 Å². The summed E-state index contributed by atoms with van der Waals surface area (Å²) in [5, 5.41) is 16.5. The van der Waals surface area contributed by atoms with E-state index in [9.17, 15) is 19.7 Å². The molecule has 0 bridgehead atoms. The van der Waals surface area contributed by atoms with Gasteiger partial charge in [0.15, 0.2) is 11.5 Å². The van der Waals surface area contributed by atoms with Crippen molar-refractivity contribution in [1.29, 1.82) is 0 Å². The number of nitro groups is 1. The lowest BCUT2D eigenvalue weighted by Crippen LogP contribution is -2.57. The zero-order valence-corrected chi connectivity index (χ0v) is 18.4. The van der Waals surface area contributed by atoms with Crippen molar-refractivity contribution >= 4 is 35.8 Å². The molecule has 1 aliphatic heterocycles. The number of methoxy groups -OCH3 is 3. The predicted octanol–water partition coefficient (Wildman–Crippen LogP) is 1.49. The second kappa shape index (κ2) is 9.22. The second-order valence-electron chi connectivity index (χ2n) is 6.88. The van der Waals surface area contributed by atoms with Crippen LogP contribution in [0.1, 0.15) is 5.56 Å². The fourth-order valence-electron chi connectivity index (χ4n) is 3.57. The van der Waals surface area contributed by atoms with Crippen molar-refractivity contribution in [1.82, 2.24) is 10.6 Å². The van der Waals surface area contributed by atoms with Gasteiger partial charge in [0.25, 0.3) is 5.69 Å². The smallest absolute Gasteiger partial charge is 0.270 e. The molecule has 0 radical (unpaired) electrons. The van der Waals surface area contributed by atoms with Crippen molar-refractivity contribution in [3.05, 3.63) is 39.9 Å². The molecule has 0 aromatic heterocycles. The molecule has 0 atom stereocenters. The minimum Gasteiger partial charge on any atom is -0.493 e. The van der Waals surface area contributed by atoms with Gasteiger partial charge in [-0.3, -0.25) is 19.7 Å². The Labute approximate surface area is 188 Å². The van der Waals surface area contributed by atoms with Gasteiger partial charge in [-0.05, 0) is 17.5 Å². The van der Waals surface area contributed by atoms with Crippen LogP contribution in [-0.4, -0.2) is 43.6 Å². The summed E-state index contributed by atoms with van der Waals surface area (Å²) in [7, 11) is 4.25. The first kappa shape index (κ1) is 23.0. The molecule has 0 aliphatic carbocycles. The fraction of sp³-hybridized carbons (Fsp3) is 0.300. The van der Waals surface area contributed by atoms with Gasteiger partial charge >= 0.3 is 0 Å². The van der Waals surface area contributed by atoms with E-state index in [1.165, 1.54) is 45.6 Å². The van der Waals surface area contributed by atoms with E-state index in [1.807, 2.05) is 0 Å². The number of hydrogen-bond acceptors (Lipinski definition) is 9. The molecule has 1 saturated heterocycles. The van der Waals surface area contributed by atoms with Crippen LogP contribution in [0, 0.1) is 16.0 Å². The van der Waals surface area contributed by atoms with Crippen molar-refractivity contribution in [2.75, 3.05) is 27.1 Å². The zero-order valence-electron chi connectivity index (χ0n) is 17.5. The van der Waals surface area contributed by atoms with Crippen LogP contribution in [0.15, 0.2) is 24.3 Å². The minimum absolute atomic E-state index is 0.0393. The third-order valence-corrected chi connectivity index (χ3v) is 5.31. The average Bonchev–Trinajstić information content (AvgIpc) is 2.75. The van der Waals surface area contributed by atoms with E-state index in [0.717, 1.165) is 0 Å². The topological polar surface area (TPSA) is 155 Å². The second-order valence-corrected chi connectivity index (χ2v) is 7.40. The normalized spacial score (nSPS) is 17.9. The fourth-order valence-corrected chi connectivity index (χ4v) is 3.83. The highest BCUT2D eigenvalue weighted by atomic mass is 32.1. The lowest BCUT2D eigenvalue weighted by molar-refractivity contribution is -0.384. The maximum Gasteiger partial charge on any atom is 0.270 e. The number of nitrogen functional groups attached to an aromatic ring is 1. The van der Waals surface area contributed by atoms with Gasteiger partial charge in [-0.1, -0.05) is 6.07 Å². The Kier molecular flexibility index (Phi) is 6.63. The van der Waals surface area contributed by atoms with Crippen LogP contribution >= 0.6 is 12.6 Å². The molecule has 2 aromatic carbocycles. The summed E-state index contributed by atoms with van der Waals surface area (Å²) in [5.41, 5.74) is 6.60. The summed E-state index contributed by atoms with van der Waals surface area (Å²) in [6, 6.07) is 5.60. The molecule has 1 aliphatic rings. The molecule has 1 fully saturated rings. The molecule has 4 N–H and O–H groups in total. The highest BCUT2D eigenvalue weighted by Gasteiger charge is 2.35. The molecule has 3 rings (SSSR count). The predicted molar refractivity (Wildman–Crippen MR) is 119 cm³/mol. The van der Waals surface area contributed by atoms with Crippen LogP contribution < -0.4 is 30.6 Å². The molecule has 11 nitrogen and oxygen atoms in total. The molecule has 2 amide bonds. The van der Waals surface area contributed by atoms with Crippen LogP contribution in [0.4, 0.5) is 11.4 Å². The van der Waals surface area contributed by atoms with Gasteiger partial charge in [0.1, 0.15) is 11.4 Å². The van der Waals surface area contributed by atoms with Crippen molar-refractivity contribution in [3.63, 3.8) is 0 Å². The number of benzene rings is 2.